The van der Waals surface area contributed by atoms with E-state index in [0.717, 1.165) is 5.56 Å². The van der Waals surface area contributed by atoms with Gasteiger partial charge in [0.05, 0.1) is 0 Å². The third-order valence-corrected chi connectivity index (χ3v) is 4.06. The molecule has 0 fully saturated rings. The molecule has 0 atom stereocenters. The Morgan fingerprint density at radius 3 is 1.77 bits per heavy atom. The molecule has 0 heterocycles. The van der Waals surface area contributed by atoms with Gasteiger partial charge in [0.2, 0.25) is 0 Å². The molecule has 0 saturated carbocycles. The van der Waals surface area contributed by atoms with Crippen molar-refractivity contribution in [2.75, 3.05) is 0 Å². The van der Waals surface area contributed by atoms with Crippen molar-refractivity contribution < 1.29 is 0 Å². The molecule has 108 valence electrons. The number of benzene rings is 3. The van der Waals surface area contributed by atoms with Crippen molar-refractivity contribution in [1.29, 1.82) is 0 Å². The van der Waals surface area contributed by atoms with Crippen LogP contribution in [-0.4, -0.2) is 0 Å². The summed E-state index contributed by atoms with van der Waals surface area (Å²) in [6.45, 7) is 8.10. The van der Waals surface area contributed by atoms with E-state index in [9.17, 15) is 0 Å². The molecule has 0 amide bonds. The van der Waals surface area contributed by atoms with E-state index in [1.807, 2.05) is 6.08 Å². The van der Waals surface area contributed by atoms with E-state index in [1.54, 1.807) is 0 Å². The quantitative estimate of drug-likeness (QED) is 0.531. The van der Waals surface area contributed by atoms with Gasteiger partial charge in [-0.15, -0.1) is 0 Å². The molecule has 0 spiro atoms. The molecule has 3 aromatic carbocycles. The van der Waals surface area contributed by atoms with Crippen LogP contribution in [0, 0.1) is 13.8 Å². The number of hydrogen-bond acceptors (Lipinski definition) is 0. The van der Waals surface area contributed by atoms with Crippen molar-refractivity contribution in [2.45, 2.75) is 13.8 Å². The Balaban J connectivity index is 1.93. The summed E-state index contributed by atoms with van der Waals surface area (Å²) < 4.78 is 0. The molecule has 0 radical (unpaired) electrons. The zero-order chi connectivity index (χ0) is 15.5. The zero-order valence-corrected chi connectivity index (χ0v) is 13.1. The second kappa shape index (κ2) is 6.03. The Labute approximate surface area is 132 Å². The van der Waals surface area contributed by atoms with Crippen molar-refractivity contribution in [3.8, 4) is 22.3 Å². The third kappa shape index (κ3) is 2.87. The van der Waals surface area contributed by atoms with E-state index < -0.39 is 0 Å². The van der Waals surface area contributed by atoms with Gasteiger partial charge in [-0.05, 0) is 47.2 Å². The lowest BCUT2D eigenvalue weighted by Gasteiger charge is -2.09. The van der Waals surface area contributed by atoms with Gasteiger partial charge >= 0.3 is 0 Å². The maximum Gasteiger partial charge on any atom is -0.0155 e. The van der Waals surface area contributed by atoms with Gasteiger partial charge in [0.1, 0.15) is 0 Å². The van der Waals surface area contributed by atoms with Gasteiger partial charge in [0, 0.05) is 0 Å². The Hall–Kier alpha value is -2.60. The zero-order valence-electron chi connectivity index (χ0n) is 13.1. The summed E-state index contributed by atoms with van der Waals surface area (Å²) >= 11 is 0. The molecular formula is C22H20. The fourth-order valence-electron chi connectivity index (χ4n) is 2.79. The molecule has 0 N–H and O–H groups in total. The highest BCUT2D eigenvalue weighted by Gasteiger charge is 2.03. The van der Waals surface area contributed by atoms with Gasteiger partial charge in [-0.2, -0.15) is 0 Å². The van der Waals surface area contributed by atoms with Gasteiger partial charge < -0.3 is 0 Å². The molecule has 0 aromatic heterocycles. The predicted octanol–water partition coefficient (Wildman–Crippen LogP) is 6.28. The van der Waals surface area contributed by atoms with E-state index in [0.29, 0.717) is 0 Å². The number of rotatable bonds is 3. The Kier molecular flexibility index (Phi) is 3.93. The summed E-state index contributed by atoms with van der Waals surface area (Å²) in [6.07, 6.45) is 1.87. The summed E-state index contributed by atoms with van der Waals surface area (Å²) in [5, 5.41) is 0. The Bertz CT molecular complexity index is 790. The highest BCUT2D eigenvalue weighted by atomic mass is 14.1. The fourth-order valence-corrected chi connectivity index (χ4v) is 2.79. The summed E-state index contributed by atoms with van der Waals surface area (Å²) in [7, 11) is 0. The summed E-state index contributed by atoms with van der Waals surface area (Å²) in [6, 6.07) is 23.9. The van der Waals surface area contributed by atoms with Crippen LogP contribution in [0.5, 0.6) is 0 Å². The predicted molar refractivity (Wildman–Crippen MR) is 96.9 cm³/mol. The van der Waals surface area contributed by atoms with Crippen molar-refractivity contribution >= 4 is 6.08 Å². The van der Waals surface area contributed by atoms with Crippen LogP contribution in [0.4, 0.5) is 0 Å². The van der Waals surface area contributed by atoms with Crippen LogP contribution in [0.1, 0.15) is 16.7 Å². The Morgan fingerprint density at radius 2 is 1.23 bits per heavy atom. The minimum Gasteiger partial charge on any atom is -0.0985 e. The maximum atomic E-state index is 3.79. The van der Waals surface area contributed by atoms with Crippen LogP contribution in [0.25, 0.3) is 28.3 Å². The molecule has 0 aliphatic heterocycles. The molecule has 0 saturated heterocycles. The Morgan fingerprint density at radius 1 is 0.682 bits per heavy atom. The first-order chi connectivity index (χ1) is 10.7. The van der Waals surface area contributed by atoms with Gasteiger partial charge in [-0.1, -0.05) is 84.9 Å². The van der Waals surface area contributed by atoms with Crippen LogP contribution in [0.3, 0.4) is 0 Å². The maximum absolute atomic E-state index is 3.79. The monoisotopic (exact) mass is 284 g/mol. The molecule has 0 heteroatoms. The topological polar surface area (TPSA) is 0 Å². The fraction of sp³-hybridized carbons (Fsp3) is 0.0909. The van der Waals surface area contributed by atoms with Crippen molar-refractivity contribution in [3.05, 3.63) is 90.0 Å². The van der Waals surface area contributed by atoms with Crippen LogP contribution >= 0.6 is 0 Å². The highest BCUT2D eigenvalue weighted by Crippen LogP contribution is 2.27. The molecule has 3 rings (SSSR count). The lowest BCUT2D eigenvalue weighted by Crippen LogP contribution is -1.85. The first-order valence-electron chi connectivity index (χ1n) is 7.58. The van der Waals surface area contributed by atoms with Gasteiger partial charge in [-0.25, -0.2) is 0 Å². The van der Waals surface area contributed by atoms with Gasteiger partial charge in [0.25, 0.3) is 0 Å². The molecular weight excluding hydrogens is 264 g/mol. The van der Waals surface area contributed by atoms with Gasteiger partial charge in [-0.3, -0.25) is 0 Å². The third-order valence-electron chi connectivity index (χ3n) is 4.06. The first kappa shape index (κ1) is 14.3. The molecule has 0 bridgehead atoms. The van der Waals surface area contributed by atoms with E-state index in [1.165, 1.54) is 33.4 Å². The second-order valence-corrected chi connectivity index (χ2v) is 5.72. The average molecular weight is 284 g/mol. The van der Waals surface area contributed by atoms with Crippen LogP contribution < -0.4 is 0 Å². The molecule has 0 unspecified atom stereocenters. The van der Waals surface area contributed by atoms with E-state index >= 15 is 0 Å². The smallest absolute Gasteiger partial charge is 0.0155 e. The van der Waals surface area contributed by atoms with Crippen LogP contribution in [0.2, 0.25) is 0 Å². The SMILES string of the molecule is C=Cc1ccc(-c2ccc(-c3ccc(C)cc3C)cc2)cc1. The summed E-state index contributed by atoms with van der Waals surface area (Å²) in [5.41, 5.74) is 8.82. The largest absolute Gasteiger partial charge is 0.0985 e. The van der Waals surface area contributed by atoms with Gasteiger partial charge in [0.15, 0.2) is 0 Å². The molecule has 22 heavy (non-hydrogen) atoms. The van der Waals surface area contributed by atoms with Crippen molar-refractivity contribution in [3.63, 3.8) is 0 Å². The van der Waals surface area contributed by atoms with Crippen LogP contribution in [-0.2, 0) is 0 Å². The van der Waals surface area contributed by atoms with Crippen molar-refractivity contribution in [2.24, 2.45) is 0 Å². The van der Waals surface area contributed by atoms with Crippen LogP contribution in [0.15, 0.2) is 73.3 Å². The van der Waals surface area contributed by atoms with E-state index in [4.69, 9.17) is 0 Å². The minimum atomic E-state index is 1.15. The number of hydrogen-bond donors (Lipinski definition) is 0. The van der Waals surface area contributed by atoms with E-state index in [-0.39, 0.29) is 0 Å². The standard InChI is InChI=1S/C22H20/c1-4-18-6-8-19(9-7-18)20-10-12-21(13-11-20)22-14-5-16(2)15-17(22)3/h4-15H,1H2,2-3H3. The van der Waals surface area contributed by atoms with E-state index in [2.05, 4.69) is 87.2 Å². The molecule has 0 nitrogen and oxygen atoms in total. The lowest BCUT2D eigenvalue weighted by molar-refractivity contribution is 1.38. The first-order valence-corrected chi connectivity index (χ1v) is 7.58. The lowest BCUT2D eigenvalue weighted by atomic mass is 9.96. The highest BCUT2D eigenvalue weighted by molar-refractivity contribution is 5.72. The second-order valence-electron chi connectivity index (χ2n) is 5.72. The molecule has 0 aliphatic rings. The number of aryl methyl sites for hydroxylation is 2. The van der Waals surface area contributed by atoms with Crippen molar-refractivity contribution in [1.82, 2.24) is 0 Å². The molecule has 0 aliphatic carbocycles. The normalized spacial score (nSPS) is 10.5. The average Bonchev–Trinajstić information content (AvgIpc) is 2.55. The minimum absolute atomic E-state index is 1.15. The summed E-state index contributed by atoms with van der Waals surface area (Å²) in [4.78, 5) is 0. The molecule has 3 aromatic rings. The summed E-state index contributed by atoms with van der Waals surface area (Å²) in [5.74, 6) is 0.